The van der Waals surface area contributed by atoms with Gasteiger partial charge in [0.25, 0.3) is 0 Å². The third kappa shape index (κ3) is 2.00. The van der Waals surface area contributed by atoms with Crippen LogP contribution < -0.4 is 4.74 Å². The van der Waals surface area contributed by atoms with Crippen molar-refractivity contribution in [1.29, 1.82) is 0 Å². The lowest BCUT2D eigenvalue weighted by molar-refractivity contribution is -0.145. The monoisotopic (exact) mass is 280 g/mol. The molecule has 0 radical (unpaired) electrons. The van der Waals surface area contributed by atoms with Gasteiger partial charge in [-0.3, -0.25) is 4.79 Å². The molecule has 1 fully saturated rings. The molecule has 1 aliphatic carbocycles. The Bertz CT molecular complexity index is 518. The minimum absolute atomic E-state index is 0.552. The summed E-state index contributed by atoms with van der Waals surface area (Å²) < 4.78 is 5.49. The summed E-state index contributed by atoms with van der Waals surface area (Å²) in [6.07, 6.45) is 5.29. The van der Waals surface area contributed by atoms with Gasteiger partial charge in [-0.15, -0.1) is 0 Å². The molecule has 1 heterocycles. The molecular weight excluding hydrogens is 264 g/mol. The van der Waals surface area contributed by atoms with E-state index >= 15 is 0 Å². The first-order valence-corrected chi connectivity index (χ1v) is 7.20. The highest BCUT2D eigenvalue weighted by molar-refractivity contribution is 6.32. The quantitative estimate of drug-likeness (QED) is 0.901. The van der Waals surface area contributed by atoms with E-state index in [0.717, 1.165) is 42.6 Å². The van der Waals surface area contributed by atoms with Crippen LogP contribution in [-0.4, -0.2) is 17.7 Å². The second-order valence-electron chi connectivity index (χ2n) is 5.49. The van der Waals surface area contributed by atoms with Crippen LogP contribution in [0.4, 0.5) is 0 Å². The van der Waals surface area contributed by atoms with Crippen molar-refractivity contribution < 1.29 is 14.6 Å². The van der Waals surface area contributed by atoms with E-state index < -0.39 is 11.4 Å². The van der Waals surface area contributed by atoms with Gasteiger partial charge in [-0.25, -0.2) is 0 Å². The molecule has 0 unspecified atom stereocenters. The number of carboxylic acids is 1. The number of carboxylic acid groups (broad SMARTS) is 1. The summed E-state index contributed by atoms with van der Waals surface area (Å²) in [6, 6.07) is 3.79. The predicted molar refractivity (Wildman–Crippen MR) is 73.0 cm³/mol. The van der Waals surface area contributed by atoms with Crippen molar-refractivity contribution in [2.24, 2.45) is 0 Å². The van der Waals surface area contributed by atoms with Crippen molar-refractivity contribution in [3.8, 4) is 5.75 Å². The van der Waals surface area contributed by atoms with Crippen molar-refractivity contribution in [2.45, 2.75) is 43.9 Å². The molecule has 2 aliphatic rings. The van der Waals surface area contributed by atoms with Crippen LogP contribution in [0.15, 0.2) is 12.1 Å². The summed E-state index contributed by atoms with van der Waals surface area (Å²) >= 11 is 6.24. The fourth-order valence-electron chi connectivity index (χ4n) is 3.32. The fraction of sp³-hybridized carbons (Fsp3) is 0.533. The van der Waals surface area contributed by atoms with Crippen LogP contribution in [0.1, 0.15) is 43.2 Å². The number of carbonyl (C=O) groups is 1. The van der Waals surface area contributed by atoms with Gasteiger partial charge in [-0.1, -0.05) is 36.9 Å². The molecule has 0 aromatic heterocycles. The van der Waals surface area contributed by atoms with Crippen molar-refractivity contribution in [3.63, 3.8) is 0 Å². The zero-order chi connectivity index (χ0) is 13.5. The zero-order valence-corrected chi connectivity index (χ0v) is 11.5. The SMILES string of the molecule is O=C(O)C1(c2cc(Cl)c3c(c2)CCO3)CCCCC1. The molecule has 3 rings (SSSR count). The Hall–Kier alpha value is -1.22. The Morgan fingerprint density at radius 3 is 2.68 bits per heavy atom. The van der Waals surface area contributed by atoms with E-state index in [0.29, 0.717) is 24.5 Å². The van der Waals surface area contributed by atoms with Crippen molar-refractivity contribution >= 4 is 17.6 Å². The highest BCUT2D eigenvalue weighted by Crippen LogP contribution is 2.44. The summed E-state index contributed by atoms with van der Waals surface area (Å²) in [5.41, 5.74) is 1.15. The lowest BCUT2D eigenvalue weighted by Gasteiger charge is -2.34. The van der Waals surface area contributed by atoms with E-state index in [1.807, 2.05) is 6.07 Å². The molecule has 1 N–H and O–H groups in total. The third-order valence-corrected chi connectivity index (χ3v) is 4.69. The minimum Gasteiger partial charge on any atom is -0.491 e. The number of benzene rings is 1. The molecule has 1 aliphatic heterocycles. The molecule has 0 spiro atoms. The number of aliphatic carboxylic acids is 1. The first-order valence-electron chi connectivity index (χ1n) is 6.82. The molecule has 0 saturated heterocycles. The topological polar surface area (TPSA) is 46.5 Å². The Balaban J connectivity index is 2.08. The summed E-state index contributed by atoms with van der Waals surface area (Å²) in [5.74, 6) is 0.0175. The maximum atomic E-state index is 11.8. The number of hydrogen-bond donors (Lipinski definition) is 1. The predicted octanol–water partition coefficient (Wildman–Crippen LogP) is 3.56. The molecular formula is C15H17ClO3. The number of fused-ring (bicyclic) bond motifs is 1. The standard InChI is InChI=1S/C15H17ClO3/c16-12-9-11(8-10-4-7-19-13(10)12)15(14(17)18)5-2-1-3-6-15/h8-9H,1-7H2,(H,17,18). The average molecular weight is 281 g/mol. The van der Waals surface area contributed by atoms with Crippen LogP contribution >= 0.6 is 11.6 Å². The van der Waals surface area contributed by atoms with Crippen LogP contribution in [-0.2, 0) is 16.6 Å². The van der Waals surface area contributed by atoms with Gasteiger partial charge >= 0.3 is 5.97 Å². The molecule has 0 bridgehead atoms. The number of rotatable bonds is 2. The molecule has 1 aromatic rings. The van der Waals surface area contributed by atoms with Crippen LogP contribution in [0.25, 0.3) is 0 Å². The van der Waals surface area contributed by atoms with Crippen LogP contribution in [0.2, 0.25) is 5.02 Å². The van der Waals surface area contributed by atoms with Crippen LogP contribution in [0.5, 0.6) is 5.75 Å². The van der Waals surface area contributed by atoms with Crippen LogP contribution in [0.3, 0.4) is 0 Å². The average Bonchev–Trinajstić information content (AvgIpc) is 2.88. The Labute approximate surface area is 117 Å². The van der Waals surface area contributed by atoms with Gasteiger partial charge < -0.3 is 9.84 Å². The van der Waals surface area contributed by atoms with E-state index in [2.05, 4.69) is 0 Å². The van der Waals surface area contributed by atoms with E-state index in [9.17, 15) is 9.90 Å². The van der Waals surface area contributed by atoms with E-state index in [4.69, 9.17) is 16.3 Å². The molecule has 1 saturated carbocycles. The Morgan fingerprint density at radius 2 is 2.00 bits per heavy atom. The summed E-state index contributed by atoms with van der Waals surface area (Å²) in [4.78, 5) is 11.8. The lowest BCUT2D eigenvalue weighted by atomic mass is 9.69. The van der Waals surface area contributed by atoms with E-state index in [-0.39, 0.29) is 0 Å². The smallest absolute Gasteiger partial charge is 0.314 e. The zero-order valence-electron chi connectivity index (χ0n) is 10.7. The first-order chi connectivity index (χ1) is 9.13. The van der Waals surface area contributed by atoms with E-state index in [1.54, 1.807) is 6.07 Å². The van der Waals surface area contributed by atoms with Gasteiger partial charge in [0.15, 0.2) is 0 Å². The maximum absolute atomic E-state index is 11.8. The minimum atomic E-state index is -0.750. The van der Waals surface area contributed by atoms with Crippen molar-refractivity contribution in [3.05, 3.63) is 28.3 Å². The second-order valence-corrected chi connectivity index (χ2v) is 5.90. The molecule has 4 heteroatoms. The van der Waals surface area contributed by atoms with Gasteiger partial charge in [0, 0.05) is 6.42 Å². The first kappa shape index (κ1) is 12.8. The lowest BCUT2D eigenvalue weighted by Crippen LogP contribution is -2.37. The van der Waals surface area contributed by atoms with Crippen molar-refractivity contribution in [2.75, 3.05) is 6.61 Å². The summed E-state index contributed by atoms with van der Waals surface area (Å²) in [7, 11) is 0. The molecule has 19 heavy (non-hydrogen) atoms. The number of hydrogen-bond acceptors (Lipinski definition) is 2. The normalized spacial score (nSPS) is 20.7. The fourth-order valence-corrected chi connectivity index (χ4v) is 3.61. The van der Waals surface area contributed by atoms with Crippen LogP contribution in [0, 0.1) is 0 Å². The molecule has 1 aromatic carbocycles. The second kappa shape index (κ2) is 4.71. The molecule has 102 valence electrons. The molecule has 0 atom stereocenters. The van der Waals surface area contributed by atoms with E-state index in [1.165, 1.54) is 0 Å². The van der Waals surface area contributed by atoms with Gasteiger partial charge in [0.2, 0.25) is 0 Å². The van der Waals surface area contributed by atoms with Gasteiger partial charge in [0.1, 0.15) is 5.75 Å². The van der Waals surface area contributed by atoms with Gasteiger partial charge in [-0.2, -0.15) is 0 Å². The Morgan fingerprint density at radius 1 is 1.26 bits per heavy atom. The largest absolute Gasteiger partial charge is 0.491 e. The van der Waals surface area contributed by atoms with Crippen molar-refractivity contribution in [1.82, 2.24) is 0 Å². The maximum Gasteiger partial charge on any atom is 0.314 e. The number of ether oxygens (including phenoxy) is 1. The summed E-state index contributed by atoms with van der Waals surface area (Å²) in [6.45, 7) is 0.637. The van der Waals surface area contributed by atoms with Gasteiger partial charge in [-0.05, 0) is 30.0 Å². The highest BCUT2D eigenvalue weighted by Gasteiger charge is 2.42. The third-order valence-electron chi connectivity index (χ3n) is 4.41. The number of halogens is 1. The summed E-state index contributed by atoms with van der Waals surface area (Å²) in [5, 5.41) is 10.3. The molecule has 0 amide bonds. The molecule has 3 nitrogen and oxygen atoms in total. The highest BCUT2D eigenvalue weighted by atomic mass is 35.5. The Kier molecular flexibility index (Phi) is 3.17. The van der Waals surface area contributed by atoms with Gasteiger partial charge in [0.05, 0.1) is 17.0 Å².